The Bertz CT molecular complexity index is 433. The molecule has 1 atom stereocenters. The minimum atomic E-state index is 0.0101. The zero-order valence-corrected chi connectivity index (χ0v) is 11.2. The van der Waals surface area contributed by atoms with Crippen LogP contribution in [0.3, 0.4) is 0 Å². The average molecular weight is 251 g/mol. The van der Waals surface area contributed by atoms with Gasteiger partial charge >= 0.3 is 0 Å². The first-order chi connectivity index (χ1) is 8.50. The molecule has 1 saturated heterocycles. The lowest BCUT2D eigenvalue weighted by molar-refractivity contribution is 0.0699. The fourth-order valence-corrected chi connectivity index (χ4v) is 2.27. The number of nitrogens with two attached hydrogens (primary N) is 1. The van der Waals surface area contributed by atoms with Crippen molar-refractivity contribution >= 4 is 11.6 Å². The first-order valence-electron chi connectivity index (χ1n) is 6.33. The van der Waals surface area contributed by atoms with E-state index in [0.29, 0.717) is 18.0 Å². The second-order valence-corrected chi connectivity index (χ2v) is 5.09. The highest BCUT2D eigenvalue weighted by Crippen LogP contribution is 2.20. The Morgan fingerprint density at radius 3 is 2.89 bits per heavy atom. The Kier molecular flexibility index (Phi) is 3.61. The van der Waals surface area contributed by atoms with Crippen LogP contribution in [0.1, 0.15) is 36.8 Å². The van der Waals surface area contributed by atoms with Crippen LogP contribution >= 0.6 is 0 Å². The fourth-order valence-electron chi connectivity index (χ4n) is 2.27. The summed E-state index contributed by atoms with van der Waals surface area (Å²) in [7, 11) is 1.83. The van der Waals surface area contributed by atoms with Crippen LogP contribution in [0.2, 0.25) is 0 Å². The molecular weight excluding hydrogens is 230 g/mol. The summed E-state index contributed by atoms with van der Waals surface area (Å²) in [6.07, 6.45) is 2.72. The van der Waals surface area contributed by atoms with Gasteiger partial charge in [0.1, 0.15) is 5.69 Å². The Morgan fingerprint density at radius 2 is 2.33 bits per heavy atom. The number of nitrogens with zero attached hydrogens (tertiary/aromatic N) is 2. The maximum Gasteiger partial charge on any atom is 0.270 e. The van der Waals surface area contributed by atoms with E-state index in [1.54, 1.807) is 11.0 Å². The lowest BCUT2D eigenvalue weighted by Gasteiger charge is -2.24. The first-order valence-corrected chi connectivity index (χ1v) is 6.33. The molecule has 1 aromatic rings. The fraction of sp³-hybridized carbons (Fsp3) is 0.615. The van der Waals surface area contributed by atoms with E-state index in [2.05, 4.69) is 0 Å². The van der Waals surface area contributed by atoms with Gasteiger partial charge in [-0.1, -0.05) is 0 Å². The summed E-state index contributed by atoms with van der Waals surface area (Å²) in [5.41, 5.74) is 7.07. The van der Waals surface area contributed by atoms with Gasteiger partial charge < -0.3 is 19.9 Å². The molecule has 1 fully saturated rings. The van der Waals surface area contributed by atoms with Crippen LogP contribution < -0.4 is 5.73 Å². The molecular formula is C13H21N3O2. The number of aromatic nitrogens is 1. The van der Waals surface area contributed by atoms with Crippen LogP contribution in [0.5, 0.6) is 0 Å². The van der Waals surface area contributed by atoms with E-state index in [9.17, 15) is 4.79 Å². The third-order valence-electron chi connectivity index (χ3n) is 3.42. The summed E-state index contributed by atoms with van der Waals surface area (Å²) in [5.74, 6) is 0.0101. The van der Waals surface area contributed by atoms with E-state index in [0.717, 1.165) is 13.0 Å². The van der Waals surface area contributed by atoms with Crippen molar-refractivity contribution in [3.8, 4) is 0 Å². The number of likely N-dealkylation sites (N-methyl/N-ethyl adjacent to an activating group) is 1. The Labute approximate surface area is 108 Å². The molecule has 100 valence electrons. The second-order valence-electron chi connectivity index (χ2n) is 5.09. The summed E-state index contributed by atoms with van der Waals surface area (Å²) < 4.78 is 7.24. The van der Waals surface area contributed by atoms with Gasteiger partial charge in [0.05, 0.1) is 18.3 Å². The predicted molar refractivity (Wildman–Crippen MR) is 70.5 cm³/mol. The Morgan fingerprint density at radius 1 is 1.61 bits per heavy atom. The highest BCUT2D eigenvalue weighted by molar-refractivity contribution is 5.94. The summed E-state index contributed by atoms with van der Waals surface area (Å²) in [4.78, 5) is 14.2. The molecule has 5 nitrogen and oxygen atoms in total. The number of hydrogen-bond donors (Lipinski definition) is 1. The highest BCUT2D eigenvalue weighted by Gasteiger charge is 2.27. The van der Waals surface area contributed by atoms with Gasteiger partial charge in [-0.2, -0.15) is 0 Å². The molecule has 0 spiro atoms. The smallest absolute Gasteiger partial charge is 0.270 e. The number of nitrogen functional groups attached to an aromatic ring is 1. The summed E-state index contributed by atoms with van der Waals surface area (Å²) >= 11 is 0. The van der Waals surface area contributed by atoms with Crippen molar-refractivity contribution in [2.75, 3.05) is 26.0 Å². The molecule has 2 N–H and O–H groups in total. The van der Waals surface area contributed by atoms with E-state index in [1.807, 2.05) is 31.7 Å². The van der Waals surface area contributed by atoms with Crippen LogP contribution in [-0.2, 0) is 4.74 Å². The third-order valence-corrected chi connectivity index (χ3v) is 3.42. The van der Waals surface area contributed by atoms with Crippen molar-refractivity contribution in [2.24, 2.45) is 0 Å². The van der Waals surface area contributed by atoms with Gasteiger partial charge in [0.15, 0.2) is 0 Å². The second kappa shape index (κ2) is 5.02. The molecule has 1 amide bonds. The maximum atomic E-state index is 12.5. The number of rotatable bonds is 3. The topological polar surface area (TPSA) is 60.5 Å². The summed E-state index contributed by atoms with van der Waals surface area (Å²) in [6, 6.07) is 2.14. The van der Waals surface area contributed by atoms with Gasteiger partial charge in [-0.25, -0.2) is 0 Å². The maximum absolute atomic E-state index is 12.5. The minimum absolute atomic E-state index is 0.0101. The first kappa shape index (κ1) is 13.0. The van der Waals surface area contributed by atoms with E-state index in [4.69, 9.17) is 10.5 Å². The van der Waals surface area contributed by atoms with Gasteiger partial charge in [-0.05, 0) is 26.3 Å². The van der Waals surface area contributed by atoms with Gasteiger partial charge in [0, 0.05) is 25.9 Å². The van der Waals surface area contributed by atoms with Gasteiger partial charge in [-0.3, -0.25) is 4.79 Å². The average Bonchev–Trinajstić information content (AvgIpc) is 2.95. The molecule has 0 bridgehead atoms. The largest absolute Gasteiger partial charge is 0.397 e. The number of carbonyl (C=O) groups excluding carboxylic acids is 1. The highest BCUT2D eigenvalue weighted by atomic mass is 16.5. The molecule has 0 aromatic carbocycles. The normalized spacial score (nSPS) is 19.4. The van der Waals surface area contributed by atoms with Crippen molar-refractivity contribution in [1.82, 2.24) is 9.47 Å². The van der Waals surface area contributed by atoms with Crippen molar-refractivity contribution in [3.05, 3.63) is 18.0 Å². The van der Waals surface area contributed by atoms with Crippen molar-refractivity contribution in [3.63, 3.8) is 0 Å². The zero-order chi connectivity index (χ0) is 13.3. The number of amides is 1. The molecule has 0 saturated carbocycles. The Hall–Kier alpha value is -1.49. The van der Waals surface area contributed by atoms with Crippen LogP contribution in [0.15, 0.2) is 12.3 Å². The number of ether oxygens (including phenoxy) is 1. The predicted octanol–water partition coefficient (Wildman–Crippen LogP) is 1.51. The zero-order valence-electron chi connectivity index (χ0n) is 11.2. The van der Waals surface area contributed by atoms with Crippen molar-refractivity contribution in [2.45, 2.75) is 32.4 Å². The summed E-state index contributed by atoms with van der Waals surface area (Å²) in [5, 5.41) is 0. The van der Waals surface area contributed by atoms with Crippen molar-refractivity contribution in [1.29, 1.82) is 0 Å². The Balaban J connectivity index is 2.22. The van der Waals surface area contributed by atoms with E-state index in [1.165, 1.54) is 0 Å². The molecule has 18 heavy (non-hydrogen) atoms. The number of anilines is 1. The number of carbonyl (C=O) groups is 1. The van der Waals surface area contributed by atoms with Gasteiger partial charge in [-0.15, -0.1) is 0 Å². The SMILES string of the molecule is CC(C)n1cc(N)cc1C(=O)N(C)C1CCOC1. The van der Waals surface area contributed by atoms with Crippen LogP contribution in [-0.4, -0.2) is 41.7 Å². The monoisotopic (exact) mass is 251 g/mol. The van der Waals surface area contributed by atoms with E-state index < -0.39 is 0 Å². The summed E-state index contributed by atoms with van der Waals surface area (Å²) in [6.45, 7) is 5.43. The molecule has 1 aliphatic heterocycles. The van der Waals surface area contributed by atoms with Gasteiger partial charge in [0.25, 0.3) is 5.91 Å². The quantitative estimate of drug-likeness (QED) is 0.886. The van der Waals surface area contributed by atoms with Crippen LogP contribution in [0.25, 0.3) is 0 Å². The number of hydrogen-bond acceptors (Lipinski definition) is 3. The third kappa shape index (κ3) is 2.36. The van der Waals surface area contributed by atoms with Crippen LogP contribution in [0.4, 0.5) is 5.69 Å². The van der Waals surface area contributed by atoms with Gasteiger partial charge in [0.2, 0.25) is 0 Å². The van der Waals surface area contributed by atoms with Crippen molar-refractivity contribution < 1.29 is 9.53 Å². The molecule has 2 heterocycles. The molecule has 1 aromatic heterocycles. The minimum Gasteiger partial charge on any atom is -0.397 e. The van der Waals surface area contributed by atoms with E-state index >= 15 is 0 Å². The molecule has 0 radical (unpaired) electrons. The lowest BCUT2D eigenvalue weighted by atomic mass is 10.2. The standard InChI is InChI=1S/C13H21N3O2/c1-9(2)16-7-10(14)6-12(16)13(17)15(3)11-4-5-18-8-11/h6-7,9,11H,4-5,8,14H2,1-3H3. The molecule has 2 rings (SSSR count). The molecule has 1 aliphatic rings. The molecule has 1 unspecified atom stereocenters. The van der Waals surface area contributed by atoms with E-state index in [-0.39, 0.29) is 18.0 Å². The lowest BCUT2D eigenvalue weighted by Crippen LogP contribution is -2.38. The molecule has 0 aliphatic carbocycles. The molecule has 5 heteroatoms. The van der Waals surface area contributed by atoms with Crippen LogP contribution in [0, 0.1) is 0 Å².